The molecule has 0 saturated heterocycles. The number of aromatic amines is 1. The van der Waals surface area contributed by atoms with Crippen molar-refractivity contribution in [2.45, 2.75) is 22.6 Å². The van der Waals surface area contributed by atoms with Gasteiger partial charge in [-0.2, -0.15) is 5.10 Å². The molecule has 3 N–H and O–H groups in total. The molecule has 11 heteroatoms. The molecule has 4 aromatic rings. The van der Waals surface area contributed by atoms with Gasteiger partial charge in [0.05, 0.1) is 35.7 Å². The molecule has 1 aromatic heterocycles. The molecule has 1 spiro atoms. The van der Waals surface area contributed by atoms with Crippen LogP contribution >= 0.6 is 0 Å². The minimum absolute atomic E-state index is 0.0115. The molecule has 1 fully saturated rings. The lowest BCUT2D eigenvalue weighted by molar-refractivity contribution is -0.118. The summed E-state index contributed by atoms with van der Waals surface area (Å²) in [5, 5.41) is 14.5. The zero-order valence-corrected chi connectivity index (χ0v) is 22.1. The van der Waals surface area contributed by atoms with Crippen molar-refractivity contribution in [3.05, 3.63) is 65.7 Å². The van der Waals surface area contributed by atoms with E-state index in [4.69, 9.17) is 9.47 Å². The molecule has 10 nitrogen and oxygen atoms in total. The molecular weight excluding hydrogens is 506 g/mol. The molecule has 1 saturated carbocycles. The van der Waals surface area contributed by atoms with Gasteiger partial charge in [0.1, 0.15) is 11.5 Å². The van der Waals surface area contributed by atoms with Crippen molar-refractivity contribution in [1.29, 1.82) is 0 Å². The summed E-state index contributed by atoms with van der Waals surface area (Å²) in [7, 11) is 2.49. The number of methoxy groups -OCH3 is 2. The van der Waals surface area contributed by atoms with E-state index >= 15 is 0 Å². The molecule has 2 heterocycles. The summed E-state index contributed by atoms with van der Waals surface area (Å²) >= 11 is 0. The topological polar surface area (TPSA) is 126 Å². The SMILES string of the molecule is COc1ccc2c(c1)[C@]1(C[C@H]1c1ccc3c(Nc4cc(S(=O)(=O)N(C)C)ccc4OC)n[nH]c3c1)C(=O)N2. The first-order valence-corrected chi connectivity index (χ1v) is 13.5. The number of hydrogen-bond acceptors (Lipinski definition) is 7. The highest BCUT2D eigenvalue weighted by Gasteiger charge is 2.65. The Morgan fingerprint density at radius 1 is 1.05 bits per heavy atom. The molecule has 3 aromatic carbocycles. The number of nitrogens with zero attached hydrogens (tertiary/aromatic N) is 2. The minimum Gasteiger partial charge on any atom is -0.497 e. The van der Waals surface area contributed by atoms with Crippen LogP contribution in [0.1, 0.15) is 23.5 Å². The molecule has 0 radical (unpaired) electrons. The third-order valence-corrected chi connectivity index (χ3v) is 9.32. The molecule has 1 amide bonds. The van der Waals surface area contributed by atoms with E-state index in [0.29, 0.717) is 23.7 Å². The summed E-state index contributed by atoms with van der Waals surface area (Å²) in [5.74, 6) is 1.79. The minimum atomic E-state index is -3.63. The number of amides is 1. The number of fused-ring (bicyclic) bond motifs is 3. The zero-order chi connectivity index (χ0) is 26.8. The smallest absolute Gasteiger partial charge is 0.242 e. The van der Waals surface area contributed by atoms with Crippen LogP contribution in [-0.2, 0) is 20.2 Å². The molecule has 196 valence electrons. The summed E-state index contributed by atoms with van der Waals surface area (Å²) in [4.78, 5) is 13.2. The second-order valence-corrected chi connectivity index (χ2v) is 11.9. The van der Waals surface area contributed by atoms with E-state index in [-0.39, 0.29) is 16.7 Å². The fourth-order valence-corrected chi connectivity index (χ4v) is 6.26. The van der Waals surface area contributed by atoms with Crippen LogP contribution in [0, 0.1) is 0 Å². The van der Waals surface area contributed by atoms with Gasteiger partial charge in [0, 0.05) is 31.1 Å². The number of nitrogens with one attached hydrogen (secondary N) is 3. The maximum Gasteiger partial charge on any atom is 0.242 e. The van der Waals surface area contributed by atoms with Crippen LogP contribution in [0.25, 0.3) is 10.9 Å². The summed E-state index contributed by atoms with van der Waals surface area (Å²) in [6.07, 6.45) is 0.716. The Morgan fingerprint density at radius 2 is 1.87 bits per heavy atom. The molecule has 0 bridgehead atoms. The Morgan fingerprint density at radius 3 is 2.61 bits per heavy atom. The van der Waals surface area contributed by atoms with Crippen LogP contribution < -0.4 is 20.1 Å². The highest BCUT2D eigenvalue weighted by molar-refractivity contribution is 7.89. The third kappa shape index (κ3) is 3.53. The Bertz CT molecular complexity index is 1710. The average Bonchev–Trinajstić information content (AvgIpc) is 3.46. The van der Waals surface area contributed by atoms with Crippen LogP contribution in [0.4, 0.5) is 17.2 Å². The molecule has 6 rings (SSSR count). The number of H-pyrrole nitrogens is 1. The second-order valence-electron chi connectivity index (χ2n) is 9.75. The third-order valence-electron chi connectivity index (χ3n) is 7.51. The van der Waals surface area contributed by atoms with Crippen LogP contribution in [0.15, 0.2) is 59.5 Å². The lowest BCUT2D eigenvalue weighted by Crippen LogP contribution is -2.22. The number of carbonyl (C=O) groups excluding carboxylic acids is 1. The fourth-order valence-electron chi connectivity index (χ4n) is 5.33. The number of aromatic nitrogens is 2. The van der Waals surface area contributed by atoms with Crippen LogP contribution in [-0.4, -0.2) is 57.1 Å². The van der Waals surface area contributed by atoms with Crippen LogP contribution in [0.2, 0.25) is 0 Å². The molecular formula is C27H27N5O5S. The van der Waals surface area contributed by atoms with E-state index in [1.54, 1.807) is 13.2 Å². The molecule has 2 atom stereocenters. The van der Waals surface area contributed by atoms with Gasteiger partial charge in [0.25, 0.3) is 0 Å². The Balaban J connectivity index is 1.32. The predicted octanol–water partition coefficient (Wildman–Crippen LogP) is 3.95. The molecule has 2 aliphatic rings. The summed E-state index contributed by atoms with van der Waals surface area (Å²) in [5.41, 5.74) is 3.52. The normalized spacial score (nSPS) is 20.0. The summed E-state index contributed by atoms with van der Waals surface area (Å²) in [6, 6.07) is 16.3. The van der Waals surface area contributed by atoms with Gasteiger partial charge in [-0.15, -0.1) is 0 Å². The standard InChI is InChI=1S/C27H27N5O5S/c1-32(2)38(34,35)17-7-10-24(37-4)23(13-17)28-25-18-8-5-15(11-22(18)30-31-25)20-14-27(20)19-12-16(36-3)6-9-21(19)29-26(27)33/h5-13,20H,14H2,1-4H3,(H,29,33)(H2,28,30,31)/t20-,27-/m0/s1. The number of carbonyl (C=O) groups is 1. The van der Waals surface area contributed by atoms with Crippen LogP contribution in [0.5, 0.6) is 11.5 Å². The van der Waals surface area contributed by atoms with Gasteiger partial charge in [-0.3, -0.25) is 9.89 Å². The number of hydrogen-bond donors (Lipinski definition) is 3. The maximum absolute atomic E-state index is 13.0. The quantitative estimate of drug-likeness (QED) is 0.328. The van der Waals surface area contributed by atoms with E-state index in [0.717, 1.165) is 37.8 Å². The first kappa shape index (κ1) is 24.3. The van der Waals surface area contributed by atoms with Gasteiger partial charge in [-0.1, -0.05) is 6.07 Å². The van der Waals surface area contributed by atoms with Gasteiger partial charge in [0.15, 0.2) is 5.82 Å². The Kier molecular flexibility index (Phi) is 5.41. The lowest BCUT2D eigenvalue weighted by Gasteiger charge is -2.15. The van der Waals surface area contributed by atoms with Crippen molar-refractivity contribution in [2.75, 3.05) is 38.9 Å². The van der Waals surface area contributed by atoms with Crippen molar-refractivity contribution in [3.8, 4) is 11.5 Å². The number of sulfonamides is 1. The number of anilines is 3. The van der Waals surface area contributed by atoms with E-state index in [1.165, 1.54) is 33.3 Å². The largest absolute Gasteiger partial charge is 0.497 e. The van der Waals surface area contributed by atoms with Gasteiger partial charge >= 0.3 is 0 Å². The molecule has 1 aliphatic heterocycles. The monoisotopic (exact) mass is 533 g/mol. The van der Waals surface area contributed by atoms with Gasteiger partial charge in [-0.05, 0) is 66.1 Å². The molecule has 38 heavy (non-hydrogen) atoms. The first-order chi connectivity index (χ1) is 18.2. The zero-order valence-electron chi connectivity index (χ0n) is 21.3. The van der Waals surface area contributed by atoms with E-state index in [1.807, 2.05) is 36.4 Å². The lowest BCUT2D eigenvalue weighted by atomic mass is 9.91. The second kappa shape index (κ2) is 8.47. The van der Waals surface area contributed by atoms with E-state index < -0.39 is 15.4 Å². The molecule has 1 aliphatic carbocycles. The summed E-state index contributed by atoms with van der Waals surface area (Å²) in [6.45, 7) is 0. The van der Waals surface area contributed by atoms with Crippen LogP contribution in [0.3, 0.4) is 0 Å². The van der Waals surface area contributed by atoms with Crippen molar-refractivity contribution in [1.82, 2.24) is 14.5 Å². The first-order valence-electron chi connectivity index (χ1n) is 12.0. The average molecular weight is 534 g/mol. The maximum atomic E-state index is 13.0. The molecule has 0 unspecified atom stereocenters. The van der Waals surface area contributed by atoms with Gasteiger partial charge in [-0.25, -0.2) is 12.7 Å². The van der Waals surface area contributed by atoms with Crippen molar-refractivity contribution in [3.63, 3.8) is 0 Å². The number of ether oxygens (including phenoxy) is 2. The fraction of sp³-hybridized carbons (Fsp3) is 0.259. The highest BCUT2D eigenvalue weighted by atomic mass is 32.2. The van der Waals surface area contributed by atoms with E-state index in [2.05, 4.69) is 20.8 Å². The van der Waals surface area contributed by atoms with E-state index in [9.17, 15) is 13.2 Å². The van der Waals surface area contributed by atoms with Crippen molar-refractivity contribution < 1.29 is 22.7 Å². The highest BCUT2D eigenvalue weighted by Crippen LogP contribution is 2.65. The summed E-state index contributed by atoms with van der Waals surface area (Å²) < 4.78 is 37.3. The Hall–Kier alpha value is -4.09. The predicted molar refractivity (Wildman–Crippen MR) is 144 cm³/mol. The van der Waals surface area contributed by atoms with Gasteiger partial charge < -0.3 is 20.1 Å². The van der Waals surface area contributed by atoms with Crippen molar-refractivity contribution >= 4 is 44.0 Å². The number of benzene rings is 3. The van der Waals surface area contributed by atoms with Gasteiger partial charge in [0.2, 0.25) is 15.9 Å². The van der Waals surface area contributed by atoms with Crippen molar-refractivity contribution in [2.24, 2.45) is 0 Å². The Labute approximate surface area is 220 Å². The number of rotatable bonds is 7.